The average Bonchev–Trinajstić information content (AvgIpc) is 3.71. The summed E-state index contributed by atoms with van der Waals surface area (Å²) >= 11 is 0. The lowest BCUT2D eigenvalue weighted by molar-refractivity contribution is 0.215. The van der Waals surface area contributed by atoms with Gasteiger partial charge in [-0.2, -0.15) is 0 Å². The van der Waals surface area contributed by atoms with E-state index in [-0.39, 0.29) is 5.41 Å². The van der Waals surface area contributed by atoms with Gasteiger partial charge in [-0.05, 0) is 88.1 Å². The summed E-state index contributed by atoms with van der Waals surface area (Å²) < 4.78 is 0. The van der Waals surface area contributed by atoms with E-state index in [0.717, 1.165) is 12.8 Å². The SMILES string of the molecule is CCCCC(C1=CC=CC1)(c1c(-c2ccccc2)ccc2c1Cc1cc(-c3ccccc3)ccc1-2)C1CCCCC1. The van der Waals surface area contributed by atoms with Crippen LogP contribution in [0.25, 0.3) is 33.4 Å². The quantitative estimate of drug-likeness (QED) is 0.186. The molecule has 0 nitrogen and oxygen atoms in total. The van der Waals surface area contributed by atoms with E-state index in [1.54, 1.807) is 16.7 Å². The molecule has 0 amide bonds. The van der Waals surface area contributed by atoms with Crippen LogP contribution < -0.4 is 0 Å². The smallest absolute Gasteiger partial charge is 0.0205 e. The van der Waals surface area contributed by atoms with Crippen LogP contribution in [0.15, 0.2) is 115 Å². The molecule has 3 aliphatic rings. The van der Waals surface area contributed by atoms with Crippen LogP contribution in [-0.4, -0.2) is 0 Å². The van der Waals surface area contributed by atoms with Gasteiger partial charge in [0.25, 0.3) is 0 Å². The Hall–Kier alpha value is -3.64. The Balaban J connectivity index is 1.47. The van der Waals surface area contributed by atoms with Crippen molar-refractivity contribution >= 4 is 0 Å². The first kappa shape index (κ1) is 26.3. The molecule has 41 heavy (non-hydrogen) atoms. The van der Waals surface area contributed by atoms with E-state index in [2.05, 4.69) is 116 Å². The lowest BCUT2D eigenvalue weighted by Gasteiger charge is -2.47. The molecule has 1 saturated carbocycles. The van der Waals surface area contributed by atoms with Crippen molar-refractivity contribution in [3.63, 3.8) is 0 Å². The number of hydrogen-bond donors (Lipinski definition) is 0. The maximum absolute atomic E-state index is 2.51. The second-order valence-corrected chi connectivity index (χ2v) is 12.5. The molecule has 0 bridgehead atoms. The third-order valence-corrected chi connectivity index (χ3v) is 10.3. The third-order valence-electron chi connectivity index (χ3n) is 10.3. The van der Waals surface area contributed by atoms with Gasteiger partial charge in [0, 0.05) is 5.41 Å². The monoisotopic (exact) mass is 534 g/mol. The first-order chi connectivity index (χ1) is 20.3. The second kappa shape index (κ2) is 11.3. The van der Waals surface area contributed by atoms with E-state index in [0.29, 0.717) is 5.92 Å². The molecule has 206 valence electrons. The van der Waals surface area contributed by atoms with Crippen LogP contribution >= 0.6 is 0 Å². The molecule has 3 aliphatic carbocycles. The molecule has 0 spiro atoms. The Labute approximate surface area is 246 Å². The number of fused-ring (bicyclic) bond motifs is 3. The first-order valence-electron chi connectivity index (χ1n) is 16.1. The van der Waals surface area contributed by atoms with Crippen molar-refractivity contribution < 1.29 is 0 Å². The van der Waals surface area contributed by atoms with E-state index in [1.165, 1.54) is 90.3 Å². The van der Waals surface area contributed by atoms with Crippen molar-refractivity contribution in [2.24, 2.45) is 5.92 Å². The van der Waals surface area contributed by atoms with Crippen LogP contribution in [0.4, 0.5) is 0 Å². The van der Waals surface area contributed by atoms with Gasteiger partial charge in [-0.15, -0.1) is 0 Å². The van der Waals surface area contributed by atoms with Gasteiger partial charge in [0.05, 0.1) is 0 Å². The minimum Gasteiger partial charge on any atom is -0.0804 e. The van der Waals surface area contributed by atoms with E-state index in [4.69, 9.17) is 0 Å². The molecule has 0 radical (unpaired) electrons. The molecule has 1 fully saturated rings. The maximum Gasteiger partial charge on any atom is 0.0205 e. The van der Waals surface area contributed by atoms with Crippen LogP contribution in [0.3, 0.4) is 0 Å². The number of hydrogen-bond acceptors (Lipinski definition) is 0. The molecule has 4 aromatic rings. The second-order valence-electron chi connectivity index (χ2n) is 12.5. The highest BCUT2D eigenvalue weighted by atomic mass is 14.5. The van der Waals surface area contributed by atoms with Crippen molar-refractivity contribution in [2.45, 2.75) is 76.5 Å². The molecule has 0 heteroatoms. The van der Waals surface area contributed by atoms with E-state index in [1.807, 2.05) is 0 Å². The molecular formula is C41H42. The Morgan fingerprint density at radius 3 is 2.12 bits per heavy atom. The van der Waals surface area contributed by atoms with E-state index in [9.17, 15) is 0 Å². The summed E-state index contributed by atoms with van der Waals surface area (Å²) in [4.78, 5) is 0. The van der Waals surface area contributed by atoms with Gasteiger partial charge in [-0.3, -0.25) is 0 Å². The van der Waals surface area contributed by atoms with Gasteiger partial charge in [0.2, 0.25) is 0 Å². The van der Waals surface area contributed by atoms with Gasteiger partial charge in [0.1, 0.15) is 0 Å². The molecule has 7 rings (SSSR count). The van der Waals surface area contributed by atoms with E-state index >= 15 is 0 Å². The van der Waals surface area contributed by atoms with Crippen molar-refractivity contribution in [1.29, 1.82) is 0 Å². The highest BCUT2D eigenvalue weighted by molar-refractivity contribution is 5.86. The first-order valence-corrected chi connectivity index (χ1v) is 16.1. The zero-order valence-electron chi connectivity index (χ0n) is 24.5. The summed E-state index contributed by atoms with van der Waals surface area (Å²) in [5.41, 5.74) is 14.9. The van der Waals surface area contributed by atoms with Crippen LogP contribution in [0.5, 0.6) is 0 Å². The summed E-state index contributed by atoms with van der Waals surface area (Å²) in [7, 11) is 0. The lowest BCUT2D eigenvalue weighted by atomic mass is 9.56. The van der Waals surface area contributed by atoms with E-state index < -0.39 is 0 Å². The van der Waals surface area contributed by atoms with Gasteiger partial charge in [0.15, 0.2) is 0 Å². The molecule has 1 atom stereocenters. The summed E-state index contributed by atoms with van der Waals surface area (Å²) in [6, 6.07) is 34.3. The summed E-state index contributed by atoms with van der Waals surface area (Å²) in [5, 5.41) is 0. The molecule has 0 aliphatic heterocycles. The fourth-order valence-corrected chi connectivity index (χ4v) is 8.40. The summed E-state index contributed by atoms with van der Waals surface area (Å²) in [6.45, 7) is 2.38. The standard InChI is InChI=1S/C41H42/c1-2-3-27-41(35-21-13-14-22-35,34-19-11-6-12-20-34)40-37(31-17-9-5-10-18-31)25-26-38-36-24-23-32(28-33(36)29-39(38)40)30-15-7-4-8-16-30/h4-5,7-10,13-18,21,23-26,28,34H,2-3,6,11-12,19-20,22,27,29H2,1H3. The predicted octanol–water partition coefficient (Wildman–Crippen LogP) is 11.5. The molecular weight excluding hydrogens is 492 g/mol. The Morgan fingerprint density at radius 2 is 1.41 bits per heavy atom. The number of allylic oxidation sites excluding steroid dienone is 4. The van der Waals surface area contributed by atoms with Gasteiger partial charge in [-0.25, -0.2) is 0 Å². The van der Waals surface area contributed by atoms with Crippen LogP contribution in [-0.2, 0) is 11.8 Å². The summed E-state index contributed by atoms with van der Waals surface area (Å²) in [5.74, 6) is 0.700. The van der Waals surface area contributed by atoms with Gasteiger partial charge in [-0.1, -0.05) is 154 Å². The molecule has 1 unspecified atom stereocenters. The maximum atomic E-state index is 2.51. The minimum atomic E-state index is 0.0841. The molecule has 4 aromatic carbocycles. The Morgan fingerprint density at radius 1 is 0.707 bits per heavy atom. The fourth-order valence-electron chi connectivity index (χ4n) is 8.40. The topological polar surface area (TPSA) is 0 Å². The Kier molecular flexibility index (Phi) is 7.26. The van der Waals surface area contributed by atoms with Crippen molar-refractivity contribution in [2.75, 3.05) is 0 Å². The number of benzene rings is 4. The fraction of sp³-hybridized carbons (Fsp3) is 0.317. The summed E-state index contributed by atoms with van der Waals surface area (Å²) in [6.07, 6.45) is 20.0. The largest absolute Gasteiger partial charge is 0.0804 e. The van der Waals surface area contributed by atoms with Crippen LogP contribution in [0.2, 0.25) is 0 Å². The van der Waals surface area contributed by atoms with Crippen molar-refractivity contribution in [3.8, 4) is 33.4 Å². The number of unbranched alkanes of at least 4 members (excludes halogenated alkanes) is 1. The highest BCUT2D eigenvalue weighted by Gasteiger charge is 2.46. The predicted molar refractivity (Wildman–Crippen MR) is 175 cm³/mol. The van der Waals surface area contributed by atoms with Gasteiger partial charge < -0.3 is 0 Å². The Bertz CT molecular complexity index is 1580. The van der Waals surface area contributed by atoms with Crippen molar-refractivity contribution in [1.82, 2.24) is 0 Å². The average molecular weight is 535 g/mol. The third kappa shape index (κ3) is 4.62. The minimum absolute atomic E-state index is 0.0841. The normalized spacial score (nSPS) is 17.6. The molecule has 0 heterocycles. The zero-order chi connectivity index (χ0) is 27.6. The highest BCUT2D eigenvalue weighted by Crippen LogP contribution is 2.57. The van der Waals surface area contributed by atoms with Crippen molar-refractivity contribution in [3.05, 3.63) is 131 Å². The van der Waals surface area contributed by atoms with Crippen LogP contribution in [0.1, 0.15) is 81.4 Å². The molecule has 0 aromatic heterocycles. The lowest BCUT2D eigenvalue weighted by Crippen LogP contribution is -2.40. The van der Waals surface area contributed by atoms with Crippen LogP contribution in [0, 0.1) is 5.92 Å². The number of rotatable bonds is 8. The molecule has 0 saturated heterocycles. The van der Waals surface area contributed by atoms with Gasteiger partial charge >= 0.3 is 0 Å². The zero-order valence-corrected chi connectivity index (χ0v) is 24.5. The molecule has 0 N–H and O–H groups in total.